The summed E-state index contributed by atoms with van der Waals surface area (Å²) in [7, 11) is 3.20. The number of aromatic nitrogens is 1. The molecule has 2 N–H and O–H groups in total. The molecule has 0 atom stereocenters. The van der Waals surface area contributed by atoms with E-state index in [0.29, 0.717) is 17.0 Å². The van der Waals surface area contributed by atoms with E-state index in [-0.39, 0.29) is 16.7 Å². The third-order valence-corrected chi connectivity index (χ3v) is 3.09. The molecular formula is C14H14ClN3O2. The van der Waals surface area contributed by atoms with Gasteiger partial charge in [0.15, 0.2) is 0 Å². The van der Waals surface area contributed by atoms with Crippen molar-refractivity contribution in [2.75, 3.05) is 24.8 Å². The number of halogens is 1. The highest BCUT2D eigenvalue weighted by molar-refractivity contribution is 6.30. The molecule has 0 saturated heterocycles. The lowest BCUT2D eigenvalue weighted by molar-refractivity contribution is 0.0993. The molecule has 0 aliphatic heterocycles. The molecular weight excluding hydrogens is 278 g/mol. The van der Waals surface area contributed by atoms with Crippen molar-refractivity contribution in [1.82, 2.24) is 4.98 Å². The number of pyridine rings is 1. The van der Waals surface area contributed by atoms with Crippen LogP contribution < -0.4 is 15.4 Å². The molecule has 1 amide bonds. The molecule has 1 aromatic heterocycles. The summed E-state index contributed by atoms with van der Waals surface area (Å²) in [6.07, 6.45) is 1.37. The van der Waals surface area contributed by atoms with Gasteiger partial charge in [-0.15, -0.1) is 0 Å². The van der Waals surface area contributed by atoms with Gasteiger partial charge in [-0.05, 0) is 18.2 Å². The Labute approximate surface area is 121 Å². The van der Waals surface area contributed by atoms with E-state index in [0.717, 1.165) is 0 Å². The van der Waals surface area contributed by atoms with E-state index in [1.54, 1.807) is 26.3 Å². The molecule has 1 aromatic carbocycles. The monoisotopic (exact) mass is 291 g/mol. The van der Waals surface area contributed by atoms with Crippen LogP contribution in [0.3, 0.4) is 0 Å². The number of carbonyl (C=O) groups is 1. The lowest BCUT2D eigenvalue weighted by Crippen LogP contribution is -2.27. The quantitative estimate of drug-likeness (QED) is 0.883. The van der Waals surface area contributed by atoms with Gasteiger partial charge in [0.2, 0.25) is 0 Å². The Bertz CT molecular complexity index is 646. The first-order chi connectivity index (χ1) is 9.54. The molecule has 0 saturated carbocycles. The minimum absolute atomic E-state index is 0.218. The van der Waals surface area contributed by atoms with Crippen LogP contribution in [0.15, 0.2) is 36.5 Å². The zero-order valence-electron chi connectivity index (χ0n) is 11.1. The number of hydrogen-bond acceptors (Lipinski definition) is 4. The first-order valence-electron chi connectivity index (χ1n) is 5.86. The number of anilines is 2. The Morgan fingerprint density at radius 3 is 2.80 bits per heavy atom. The smallest absolute Gasteiger partial charge is 0.260 e. The van der Waals surface area contributed by atoms with Gasteiger partial charge in [-0.25, -0.2) is 4.98 Å². The first kappa shape index (κ1) is 14.1. The molecule has 0 fully saturated rings. The van der Waals surface area contributed by atoms with Gasteiger partial charge < -0.3 is 15.4 Å². The number of rotatable bonds is 3. The average molecular weight is 292 g/mol. The summed E-state index contributed by atoms with van der Waals surface area (Å²) >= 11 is 5.81. The maximum atomic E-state index is 12.5. The van der Waals surface area contributed by atoms with E-state index >= 15 is 0 Å². The molecule has 1 heterocycles. The minimum atomic E-state index is -0.281. The molecule has 0 unspecified atom stereocenters. The highest BCUT2D eigenvalue weighted by atomic mass is 35.5. The fraction of sp³-hybridized carbons (Fsp3) is 0.143. The molecule has 2 rings (SSSR count). The summed E-state index contributed by atoms with van der Waals surface area (Å²) in [6, 6.07) is 8.67. The maximum absolute atomic E-state index is 12.5. The van der Waals surface area contributed by atoms with Gasteiger partial charge in [0.05, 0.1) is 30.2 Å². The number of para-hydroxylation sites is 2. The van der Waals surface area contributed by atoms with Gasteiger partial charge in [-0.1, -0.05) is 23.7 Å². The second-order valence-electron chi connectivity index (χ2n) is 4.13. The molecule has 0 radical (unpaired) electrons. The molecule has 0 aliphatic rings. The third-order valence-electron chi connectivity index (χ3n) is 2.88. The predicted molar refractivity (Wildman–Crippen MR) is 79.4 cm³/mol. The Morgan fingerprint density at radius 2 is 2.10 bits per heavy atom. The number of amides is 1. The van der Waals surface area contributed by atoms with Crippen LogP contribution in [-0.2, 0) is 0 Å². The number of nitrogens with zero attached hydrogens (tertiary/aromatic N) is 2. The Balaban J connectivity index is 2.40. The third kappa shape index (κ3) is 2.67. The zero-order chi connectivity index (χ0) is 14.7. The predicted octanol–water partition coefficient (Wildman–Crippen LogP) is 2.60. The van der Waals surface area contributed by atoms with Gasteiger partial charge in [0.25, 0.3) is 5.91 Å². The SMILES string of the molecule is COc1ccccc1N(C)C(=O)c1cc(Cl)ncc1N. The maximum Gasteiger partial charge on any atom is 0.260 e. The van der Waals surface area contributed by atoms with Crippen molar-refractivity contribution in [3.05, 3.63) is 47.2 Å². The molecule has 5 nitrogen and oxygen atoms in total. The van der Waals surface area contributed by atoms with Crippen LogP contribution in [0.2, 0.25) is 5.15 Å². The summed E-state index contributed by atoms with van der Waals surface area (Å²) in [4.78, 5) is 17.8. The van der Waals surface area contributed by atoms with E-state index in [9.17, 15) is 4.79 Å². The summed E-state index contributed by atoms with van der Waals surface area (Å²) in [5.74, 6) is 0.318. The van der Waals surface area contributed by atoms with Crippen molar-refractivity contribution in [3.63, 3.8) is 0 Å². The molecule has 0 bridgehead atoms. The van der Waals surface area contributed by atoms with Crippen molar-refractivity contribution in [1.29, 1.82) is 0 Å². The Kier molecular flexibility index (Phi) is 4.10. The number of methoxy groups -OCH3 is 1. The van der Waals surface area contributed by atoms with E-state index in [2.05, 4.69) is 4.98 Å². The molecule has 2 aromatic rings. The van der Waals surface area contributed by atoms with Gasteiger partial charge in [-0.2, -0.15) is 0 Å². The second kappa shape index (κ2) is 5.79. The molecule has 6 heteroatoms. The van der Waals surface area contributed by atoms with Crippen molar-refractivity contribution in [3.8, 4) is 5.75 Å². The molecule has 104 valence electrons. The van der Waals surface area contributed by atoms with Crippen molar-refractivity contribution >= 4 is 28.9 Å². The standard InChI is InChI=1S/C14H14ClN3O2/c1-18(11-5-3-4-6-12(11)20-2)14(19)9-7-13(15)17-8-10(9)16/h3-8H,16H2,1-2H3. The number of nitrogen functional groups attached to an aromatic ring is 1. The van der Waals surface area contributed by atoms with E-state index in [4.69, 9.17) is 22.1 Å². The number of benzene rings is 1. The zero-order valence-corrected chi connectivity index (χ0v) is 11.9. The second-order valence-corrected chi connectivity index (χ2v) is 4.52. The van der Waals surface area contributed by atoms with Crippen molar-refractivity contribution < 1.29 is 9.53 Å². The van der Waals surface area contributed by atoms with Crippen LogP contribution in [0.4, 0.5) is 11.4 Å². The van der Waals surface area contributed by atoms with E-state index in [1.807, 2.05) is 12.1 Å². The summed E-state index contributed by atoms with van der Waals surface area (Å²) in [5, 5.41) is 0.218. The fourth-order valence-corrected chi connectivity index (χ4v) is 1.98. The lowest BCUT2D eigenvalue weighted by Gasteiger charge is -2.20. The lowest BCUT2D eigenvalue weighted by atomic mass is 10.2. The molecule has 20 heavy (non-hydrogen) atoms. The first-order valence-corrected chi connectivity index (χ1v) is 6.24. The number of carbonyl (C=O) groups excluding carboxylic acids is 1. The Morgan fingerprint density at radius 1 is 1.40 bits per heavy atom. The van der Waals surface area contributed by atoms with E-state index < -0.39 is 0 Å². The normalized spacial score (nSPS) is 10.2. The van der Waals surface area contributed by atoms with Crippen LogP contribution in [0, 0.1) is 0 Å². The highest BCUT2D eigenvalue weighted by Crippen LogP contribution is 2.28. The van der Waals surface area contributed by atoms with Crippen LogP contribution in [0.5, 0.6) is 5.75 Å². The van der Waals surface area contributed by atoms with Crippen LogP contribution in [-0.4, -0.2) is 25.0 Å². The topological polar surface area (TPSA) is 68.5 Å². The summed E-state index contributed by atoms with van der Waals surface area (Å²) in [6.45, 7) is 0. The van der Waals surface area contributed by atoms with Crippen LogP contribution in [0.25, 0.3) is 0 Å². The Hall–Kier alpha value is -2.27. The average Bonchev–Trinajstić information content (AvgIpc) is 2.48. The number of ether oxygens (including phenoxy) is 1. The largest absolute Gasteiger partial charge is 0.495 e. The van der Waals surface area contributed by atoms with Gasteiger partial charge in [0.1, 0.15) is 10.9 Å². The highest BCUT2D eigenvalue weighted by Gasteiger charge is 2.19. The molecule has 0 spiro atoms. The summed E-state index contributed by atoms with van der Waals surface area (Å²) in [5.41, 5.74) is 7.01. The number of nitrogens with two attached hydrogens (primary N) is 1. The van der Waals surface area contributed by atoms with Crippen molar-refractivity contribution in [2.45, 2.75) is 0 Å². The fourth-order valence-electron chi connectivity index (χ4n) is 1.82. The number of hydrogen-bond donors (Lipinski definition) is 1. The van der Waals surface area contributed by atoms with Crippen molar-refractivity contribution in [2.24, 2.45) is 0 Å². The molecule has 0 aliphatic carbocycles. The summed E-state index contributed by atoms with van der Waals surface area (Å²) < 4.78 is 5.24. The van der Waals surface area contributed by atoms with Gasteiger partial charge in [0, 0.05) is 7.05 Å². The van der Waals surface area contributed by atoms with Crippen LogP contribution in [0.1, 0.15) is 10.4 Å². The van der Waals surface area contributed by atoms with Gasteiger partial charge >= 0.3 is 0 Å². The minimum Gasteiger partial charge on any atom is -0.495 e. The van der Waals surface area contributed by atoms with E-state index in [1.165, 1.54) is 17.2 Å². The van der Waals surface area contributed by atoms with Crippen LogP contribution >= 0.6 is 11.6 Å². The van der Waals surface area contributed by atoms with Gasteiger partial charge in [-0.3, -0.25) is 4.79 Å².